The molecule has 4 N–H and O–H groups in total. The normalized spacial score (nSPS) is 12.3. The van der Waals surface area contributed by atoms with Crippen LogP contribution in [0, 0.1) is 5.92 Å². The summed E-state index contributed by atoms with van der Waals surface area (Å²) in [6, 6.07) is 6.34. The van der Waals surface area contributed by atoms with E-state index in [2.05, 4.69) is 10.6 Å². The van der Waals surface area contributed by atoms with Gasteiger partial charge in [-0.15, -0.1) is 0 Å². The van der Waals surface area contributed by atoms with Gasteiger partial charge in [-0.25, -0.2) is 0 Å². The highest BCUT2D eigenvalue weighted by atomic mass is 16.2. The number of hydrogen-bond donors (Lipinski definition) is 3. The Balaban J connectivity index is 2.62. The second-order valence-corrected chi connectivity index (χ2v) is 5.93. The van der Waals surface area contributed by atoms with Gasteiger partial charge < -0.3 is 16.4 Å². The molecule has 0 fully saturated rings. The fourth-order valence-corrected chi connectivity index (χ4v) is 1.90. The Labute approximate surface area is 126 Å². The molecule has 1 unspecified atom stereocenters. The van der Waals surface area contributed by atoms with Crippen LogP contribution in [0.1, 0.15) is 44.5 Å². The van der Waals surface area contributed by atoms with Crippen LogP contribution < -0.4 is 16.4 Å². The lowest BCUT2D eigenvalue weighted by Gasteiger charge is -2.14. The molecule has 1 aromatic carbocycles. The van der Waals surface area contributed by atoms with Crippen LogP contribution in [0.25, 0.3) is 0 Å². The van der Waals surface area contributed by atoms with Gasteiger partial charge in [0, 0.05) is 17.3 Å². The van der Waals surface area contributed by atoms with Gasteiger partial charge in [0.05, 0.1) is 6.04 Å². The van der Waals surface area contributed by atoms with Crippen molar-refractivity contribution in [2.75, 3.05) is 5.32 Å². The largest absolute Gasteiger partial charge is 0.350 e. The Morgan fingerprint density at radius 1 is 1.10 bits per heavy atom. The molecule has 0 bridgehead atoms. The predicted molar refractivity (Wildman–Crippen MR) is 85.1 cm³/mol. The summed E-state index contributed by atoms with van der Waals surface area (Å²) in [4.78, 5) is 23.7. The second kappa shape index (κ2) is 7.78. The number of anilines is 1. The van der Waals surface area contributed by atoms with E-state index in [1.807, 2.05) is 27.7 Å². The van der Waals surface area contributed by atoms with E-state index in [-0.39, 0.29) is 17.9 Å². The van der Waals surface area contributed by atoms with E-state index in [1.165, 1.54) is 0 Å². The lowest BCUT2D eigenvalue weighted by molar-refractivity contribution is -0.117. The zero-order valence-corrected chi connectivity index (χ0v) is 13.1. The number of nitrogens with two attached hydrogens (primary N) is 1. The van der Waals surface area contributed by atoms with Crippen LogP contribution in [0.15, 0.2) is 24.3 Å². The molecule has 0 saturated carbocycles. The zero-order chi connectivity index (χ0) is 16.0. The molecule has 0 radical (unpaired) electrons. The average molecular weight is 291 g/mol. The Morgan fingerprint density at radius 3 is 2.14 bits per heavy atom. The summed E-state index contributed by atoms with van der Waals surface area (Å²) in [5, 5.41) is 5.57. The quantitative estimate of drug-likeness (QED) is 0.750. The Kier molecular flexibility index (Phi) is 6.37. The van der Waals surface area contributed by atoms with E-state index in [0.717, 1.165) is 0 Å². The Bertz CT molecular complexity index is 481. The highest BCUT2D eigenvalue weighted by Crippen LogP contribution is 2.11. The number of benzene rings is 1. The second-order valence-electron chi connectivity index (χ2n) is 5.93. The van der Waals surface area contributed by atoms with Gasteiger partial charge in [0.1, 0.15) is 0 Å². The van der Waals surface area contributed by atoms with Crippen molar-refractivity contribution in [3.8, 4) is 0 Å². The van der Waals surface area contributed by atoms with Gasteiger partial charge in [0.15, 0.2) is 0 Å². The molecule has 1 rings (SSSR count). The van der Waals surface area contributed by atoms with E-state index in [1.54, 1.807) is 24.3 Å². The van der Waals surface area contributed by atoms with Gasteiger partial charge in [-0.3, -0.25) is 9.59 Å². The molecule has 116 valence electrons. The molecule has 0 aliphatic heterocycles. The van der Waals surface area contributed by atoms with Crippen molar-refractivity contribution in [2.24, 2.45) is 11.7 Å². The van der Waals surface area contributed by atoms with Gasteiger partial charge in [0.25, 0.3) is 5.91 Å². The maximum Gasteiger partial charge on any atom is 0.251 e. The van der Waals surface area contributed by atoms with Crippen LogP contribution in [-0.4, -0.2) is 23.9 Å². The minimum Gasteiger partial charge on any atom is -0.350 e. The van der Waals surface area contributed by atoms with Crippen LogP contribution in [0.5, 0.6) is 0 Å². The third kappa shape index (κ3) is 5.95. The first-order chi connectivity index (χ1) is 9.79. The molecule has 5 heteroatoms. The van der Waals surface area contributed by atoms with Gasteiger partial charge in [-0.2, -0.15) is 0 Å². The smallest absolute Gasteiger partial charge is 0.251 e. The van der Waals surface area contributed by atoms with Crippen LogP contribution >= 0.6 is 0 Å². The number of carbonyl (C=O) groups is 2. The van der Waals surface area contributed by atoms with E-state index in [4.69, 9.17) is 5.73 Å². The standard InChI is InChI=1S/C16H25N3O2/c1-10(2)9-14(17)16(21)19-13-7-5-12(6-8-13)15(20)18-11(3)4/h5-8,10-11,14H,9,17H2,1-4H3,(H,18,20)(H,19,21). The first-order valence-corrected chi connectivity index (χ1v) is 7.27. The molecule has 0 aromatic heterocycles. The van der Waals surface area contributed by atoms with E-state index >= 15 is 0 Å². The van der Waals surface area contributed by atoms with Crippen LogP contribution in [0.4, 0.5) is 5.69 Å². The van der Waals surface area contributed by atoms with Crippen molar-refractivity contribution in [2.45, 2.75) is 46.2 Å². The topological polar surface area (TPSA) is 84.2 Å². The molecular weight excluding hydrogens is 266 g/mol. The fraction of sp³-hybridized carbons (Fsp3) is 0.500. The van der Waals surface area contributed by atoms with Crippen molar-refractivity contribution in [1.29, 1.82) is 0 Å². The van der Waals surface area contributed by atoms with Crippen molar-refractivity contribution >= 4 is 17.5 Å². The number of amides is 2. The Morgan fingerprint density at radius 2 is 1.67 bits per heavy atom. The molecule has 0 spiro atoms. The molecule has 0 heterocycles. The third-order valence-electron chi connectivity index (χ3n) is 2.90. The lowest BCUT2D eigenvalue weighted by atomic mass is 10.0. The Hall–Kier alpha value is -1.88. The van der Waals surface area contributed by atoms with Gasteiger partial charge >= 0.3 is 0 Å². The number of hydrogen-bond acceptors (Lipinski definition) is 3. The van der Waals surface area contributed by atoms with E-state index in [9.17, 15) is 9.59 Å². The zero-order valence-electron chi connectivity index (χ0n) is 13.1. The molecule has 0 aliphatic carbocycles. The van der Waals surface area contributed by atoms with Crippen molar-refractivity contribution in [3.05, 3.63) is 29.8 Å². The highest BCUT2D eigenvalue weighted by Gasteiger charge is 2.15. The molecule has 1 aromatic rings. The summed E-state index contributed by atoms with van der Waals surface area (Å²) in [7, 11) is 0. The SMILES string of the molecule is CC(C)CC(N)C(=O)Nc1ccc(C(=O)NC(C)C)cc1. The van der Waals surface area contributed by atoms with E-state index in [0.29, 0.717) is 23.6 Å². The minimum absolute atomic E-state index is 0.0888. The number of nitrogens with one attached hydrogen (secondary N) is 2. The van der Waals surface area contributed by atoms with Gasteiger partial charge in [-0.1, -0.05) is 13.8 Å². The predicted octanol–water partition coefficient (Wildman–Crippen LogP) is 2.14. The highest BCUT2D eigenvalue weighted by molar-refractivity contribution is 5.97. The van der Waals surface area contributed by atoms with E-state index < -0.39 is 6.04 Å². The van der Waals surface area contributed by atoms with Crippen molar-refractivity contribution in [3.63, 3.8) is 0 Å². The monoisotopic (exact) mass is 291 g/mol. The molecule has 1 atom stereocenters. The van der Waals surface area contributed by atoms with Gasteiger partial charge in [0.2, 0.25) is 5.91 Å². The maximum atomic E-state index is 11.9. The maximum absolute atomic E-state index is 11.9. The van der Waals surface area contributed by atoms with Crippen molar-refractivity contribution in [1.82, 2.24) is 5.32 Å². The summed E-state index contributed by atoms with van der Waals surface area (Å²) in [6.07, 6.45) is 0.640. The third-order valence-corrected chi connectivity index (χ3v) is 2.90. The fourth-order valence-electron chi connectivity index (χ4n) is 1.90. The molecule has 2 amide bonds. The summed E-state index contributed by atoms with van der Waals surface area (Å²) >= 11 is 0. The molecular formula is C16H25N3O2. The van der Waals surface area contributed by atoms with Crippen molar-refractivity contribution < 1.29 is 9.59 Å². The summed E-state index contributed by atoms with van der Waals surface area (Å²) in [5.41, 5.74) is 7.03. The number of carbonyl (C=O) groups excluding carboxylic acids is 2. The summed E-state index contributed by atoms with van der Waals surface area (Å²) < 4.78 is 0. The first kappa shape index (κ1) is 17.2. The molecule has 0 aliphatic rings. The first-order valence-electron chi connectivity index (χ1n) is 7.27. The minimum atomic E-state index is -0.520. The van der Waals surface area contributed by atoms with Gasteiger partial charge in [-0.05, 0) is 50.5 Å². The lowest BCUT2D eigenvalue weighted by Crippen LogP contribution is -2.36. The average Bonchev–Trinajstić information content (AvgIpc) is 2.37. The number of rotatable bonds is 6. The summed E-state index contributed by atoms with van der Waals surface area (Å²) in [6.45, 7) is 7.86. The molecule has 5 nitrogen and oxygen atoms in total. The van der Waals surface area contributed by atoms with Crippen LogP contribution in [-0.2, 0) is 4.79 Å². The molecule has 21 heavy (non-hydrogen) atoms. The summed E-state index contributed by atoms with van der Waals surface area (Å²) in [5.74, 6) is 0.0373. The molecule has 0 saturated heterocycles. The van der Waals surface area contributed by atoms with Crippen LogP contribution in [0.2, 0.25) is 0 Å². The van der Waals surface area contributed by atoms with Crippen LogP contribution in [0.3, 0.4) is 0 Å².